The number of benzene rings is 2. The molecule has 0 amide bonds. The Kier molecular flexibility index (Phi) is 5.78. The molecule has 4 nitrogen and oxygen atoms in total. The lowest BCUT2D eigenvalue weighted by molar-refractivity contribution is 0.101. The van der Waals surface area contributed by atoms with E-state index in [9.17, 15) is 13.2 Å². The highest BCUT2D eigenvalue weighted by atomic mass is 32.2. The molecule has 5 heteroatoms. The highest BCUT2D eigenvalue weighted by molar-refractivity contribution is 7.92. The zero-order valence-electron chi connectivity index (χ0n) is 14.2. The highest BCUT2D eigenvalue weighted by Crippen LogP contribution is 2.19. The van der Waals surface area contributed by atoms with Gasteiger partial charge in [0.1, 0.15) is 0 Å². The Morgan fingerprint density at radius 3 is 2.33 bits per heavy atom. The van der Waals surface area contributed by atoms with E-state index < -0.39 is 10.0 Å². The third-order valence-electron chi connectivity index (χ3n) is 3.77. The Hall–Kier alpha value is -2.14. The number of hydrogen-bond acceptors (Lipinski definition) is 3. The van der Waals surface area contributed by atoms with Gasteiger partial charge in [-0.3, -0.25) is 9.52 Å². The van der Waals surface area contributed by atoms with Crippen molar-refractivity contribution in [2.75, 3.05) is 4.72 Å². The van der Waals surface area contributed by atoms with Crippen LogP contribution < -0.4 is 4.72 Å². The fraction of sp³-hybridized carbons (Fsp3) is 0.316. The van der Waals surface area contributed by atoms with Crippen molar-refractivity contribution in [1.29, 1.82) is 0 Å². The number of carbonyl (C=O) groups excluding carboxylic acids is 1. The lowest BCUT2D eigenvalue weighted by atomic mass is 10.0. The molecule has 0 aromatic heterocycles. The molecule has 0 atom stereocenters. The van der Waals surface area contributed by atoms with Crippen LogP contribution in [-0.4, -0.2) is 14.2 Å². The van der Waals surface area contributed by atoms with Crippen LogP contribution in [0.2, 0.25) is 0 Å². The summed E-state index contributed by atoms with van der Waals surface area (Å²) in [6.45, 7) is 5.78. The van der Waals surface area contributed by atoms with Gasteiger partial charge in [-0.15, -0.1) is 0 Å². The maximum Gasteiger partial charge on any atom is 0.261 e. The predicted molar refractivity (Wildman–Crippen MR) is 96.9 cm³/mol. The first-order valence-electron chi connectivity index (χ1n) is 8.00. The zero-order valence-corrected chi connectivity index (χ0v) is 15.1. The minimum absolute atomic E-state index is 0.106. The summed E-state index contributed by atoms with van der Waals surface area (Å²) in [4.78, 5) is 11.6. The van der Waals surface area contributed by atoms with Gasteiger partial charge in [0.2, 0.25) is 0 Å². The Bertz CT molecular complexity index is 809. The molecule has 0 bridgehead atoms. The molecule has 0 spiro atoms. The van der Waals surface area contributed by atoms with Crippen molar-refractivity contribution in [1.82, 2.24) is 0 Å². The molecule has 0 aliphatic rings. The van der Waals surface area contributed by atoms with E-state index in [2.05, 4.69) is 18.6 Å². The number of hydrogen-bond donors (Lipinski definition) is 1. The maximum atomic E-state index is 12.5. The van der Waals surface area contributed by atoms with Crippen LogP contribution in [0.5, 0.6) is 0 Å². The summed E-state index contributed by atoms with van der Waals surface area (Å²) in [6.07, 6.45) is 2.01. The van der Waals surface area contributed by atoms with Gasteiger partial charge in [-0.25, -0.2) is 8.42 Å². The molecule has 0 radical (unpaired) electrons. The Morgan fingerprint density at radius 1 is 1.08 bits per heavy atom. The van der Waals surface area contributed by atoms with Gasteiger partial charge in [0.15, 0.2) is 5.78 Å². The second kappa shape index (κ2) is 7.62. The first-order chi connectivity index (χ1) is 11.3. The van der Waals surface area contributed by atoms with E-state index in [0.717, 1.165) is 18.4 Å². The Morgan fingerprint density at radius 2 is 1.75 bits per heavy atom. The molecule has 24 heavy (non-hydrogen) atoms. The molecule has 2 aromatic rings. The minimum Gasteiger partial charge on any atom is -0.295 e. The van der Waals surface area contributed by atoms with E-state index in [4.69, 9.17) is 0 Å². The summed E-state index contributed by atoms with van der Waals surface area (Å²) in [6, 6.07) is 13.4. The number of ketones is 1. The lowest BCUT2D eigenvalue weighted by Crippen LogP contribution is -2.13. The molecule has 2 aromatic carbocycles. The van der Waals surface area contributed by atoms with Crippen molar-refractivity contribution in [3.63, 3.8) is 0 Å². The van der Waals surface area contributed by atoms with Crippen molar-refractivity contribution in [2.24, 2.45) is 5.92 Å². The summed E-state index contributed by atoms with van der Waals surface area (Å²) >= 11 is 0. The average molecular weight is 345 g/mol. The van der Waals surface area contributed by atoms with E-state index in [1.165, 1.54) is 13.0 Å². The SMILES string of the molecule is CC(=O)c1cccc(NS(=O)(=O)c2ccc(CCC(C)C)cc2)c1. The molecule has 0 unspecified atom stereocenters. The Balaban J connectivity index is 2.15. The standard InChI is InChI=1S/C19H23NO3S/c1-14(2)7-8-16-9-11-19(12-10-16)24(22,23)20-18-6-4-5-17(13-18)15(3)21/h4-6,9-14,20H,7-8H2,1-3H3. The van der Waals surface area contributed by atoms with Gasteiger partial charge in [0.25, 0.3) is 10.0 Å². The molecule has 2 rings (SSSR count). The molecule has 0 saturated heterocycles. The van der Waals surface area contributed by atoms with E-state index in [1.54, 1.807) is 30.3 Å². The first-order valence-corrected chi connectivity index (χ1v) is 9.49. The second-order valence-corrected chi connectivity index (χ2v) is 8.00. The predicted octanol–water partition coefficient (Wildman–Crippen LogP) is 4.28. The topological polar surface area (TPSA) is 63.2 Å². The molecule has 0 heterocycles. The average Bonchev–Trinajstić information content (AvgIpc) is 2.53. The maximum absolute atomic E-state index is 12.5. The number of anilines is 1. The molecule has 0 aliphatic heterocycles. The van der Waals surface area contributed by atoms with Gasteiger partial charge >= 0.3 is 0 Å². The van der Waals surface area contributed by atoms with E-state index in [0.29, 0.717) is 17.2 Å². The second-order valence-electron chi connectivity index (χ2n) is 6.32. The zero-order chi connectivity index (χ0) is 17.7. The number of nitrogens with one attached hydrogen (secondary N) is 1. The third kappa shape index (κ3) is 4.93. The van der Waals surface area contributed by atoms with E-state index in [-0.39, 0.29) is 10.7 Å². The van der Waals surface area contributed by atoms with Gasteiger partial charge in [-0.2, -0.15) is 0 Å². The summed E-state index contributed by atoms with van der Waals surface area (Å²) in [5.74, 6) is 0.509. The fourth-order valence-corrected chi connectivity index (χ4v) is 3.36. The molecular weight excluding hydrogens is 322 g/mol. The summed E-state index contributed by atoms with van der Waals surface area (Å²) in [5, 5.41) is 0. The number of sulfonamides is 1. The molecular formula is C19H23NO3S. The van der Waals surface area contributed by atoms with Crippen LogP contribution in [0.1, 0.15) is 43.1 Å². The van der Waals surface area contributed by atoms with Crippen LogP contribution in [-0.2, 0) is 16.4 Å². The van der Waals surface area contributed by atoms with Crippen molar-refractivity contribution < 1.29 is 13.2 Å². The van der Waals surface area contributed by atoms with Crippen LogP contribution >= 0.6 is 0 Å². The van der Waals surface area contributed by atoms with Crippen LogP contribution in [0.15, 0.2) is 53.4 Å². The van der Waals surface area contributed by atoms with Crippen molar-refractivity contribution in [3.05, 3.63) is 59.7 Å². The number of rotatable bonds is 7. The quantitative estimate of drug-likeness (QED) is 0.762. The van der Waals surface area contributed by atoms with E-state index in [1.807, 2.05) is 12.1 Å². The van der Waals surface area contributed by atoms with Crippen LogP contribution in [0.4, 0.5) is 5.69 Å². The minimum atomic E-state index is -3.67. The van der Waals surface area contributed by atoms with E-state index >= 15 is 0 Å². The van der Waals surface area contributed by atoms with Crippen LogP contribution in [0.25, 0.3) is 0 Å². The number of carbonyl (C=O) groups is 1. The normalized spacial score (nSPS) is 11.5. The smallest absolute Gasteiger partial charge is 0.261 e. The largest absolute Gasteiger partial charge is 0.295 e. The third-order valence-corrected chi connectivity index (χ3v) is 5.16. The summed E-state index contributed by atoms with van der Waals surface area (Å²) in [7, 11) is -3.67. The van der Waals surface area contributed by atoms with Gasteiger partial charge in [-0.05, 0) is 55.5 Å². The van der Waals surface area contributed by atoms with Gasteiger partial charge in [-0.1, -0.05) is 38.1 Å². The van der Waals surface area contributed by atoms with Crippen LogP contribution in [0, 0.1) is 5.92 Å². The molecule has 128 valence electrons. The molecule has 0 fully saturated rings. The van der Waals surface area contributed by atoms with Gasteiger partial charge in [0, 0.05) is 11.3 Å². The van der Waals surface area contributed by atoms with Crippen LogP contribution in [0.3, 0.4) is 0 Å². The fourth-order valence-electron chi connectivity index (χ4n) is 2.31. The number of Topliss-reactive ketones (excluding diaryl/α,β-unsaturated/α-hetero) is 1. The Labute approximate surface area is 144 Å². The van der Waals surface area contributed by atoms with Gasteiger partial charge < -0.3 is 0 Å². The summed E-state index contributed by atoms with van der Waals surface area (Å²) in [5.41, 5.74) is 1.98. The number of aryl methyl sites for hydroxylation is 1. The van der Waals surface area contributed by atoms with Crippen molar-refractivity contribution >= 4 is 21.5 Å². The molecule has 1 N–H and O–H groups in total. The summed E-state index contributed by atoms with van der Waals surface area (Å²) < 4.78 is 27.4. The van der Waals surface area contributed by atoms with Crippen molar-refractivity contribution in [2.45, 2.75) is 38.5 Å². The first kappa shape index (κ1) is 18.2. The molecule has 0 saturated carbocycles. The molecule has 0 aliphatic carbocycles. The van der Waals surface area contributed by atoms with Gasteiger partial charge in [0.05, 0.1) is 4.90 Å². The lowest BCUT2D eigenvalue weighted by Gasteiger charge is -2.10. The monoisotopic (exact) mass is 345 g/mol. The van der Waals surface area contributed by atoms with Crippen molar-refractivity contribution in [3.8, 4) is 0 Å². The highest BCUT2D eigenvalue weighted by Gasteiger charge is 2.14.